The van der Waals surface area contributed by atoms with Crippen molar-refractivity contribution in [2.45, 2.75) is 46.3 Å². The highest BCUT2D eigenvalue weighted by Gasteiger charge is 2.25. The Morgan fingerprint density at radius 1 is 1.08 bits per heavy atom. The molecule has 0 aromatic heterocycles. The monoisotopic (exact) mass is 384 g/mol. The lowest BCUT2D eigenvalue weighted by Gasteiger charge is -2.22. The molecule has 1 atom stereocenters. The van der Waals surface area contributed by atoms with Crippen LogP contribution in [-0.4, -0.2) is 36.7 Å². The number of amides is 2. The average molecular weight is 385 g/mol. The molecule has 144 valence electrons. The van der Waals surface area contributed by atoms with E-state index < -0.39 is 18.1 Å². The molecule has 1 aromatic carbocycles. The Bertz CT molecular complexity index is 617. The number of nitrogens with one attached hydrogen (secondary N) is 2. The van der Waals surface area contributed by atoms with Gasteiger partial charge in [-0.15, -0.1) is 0 Å². The van der Waals surface area contributed by atoms with Gasteiger partial charge in [-0.25, -0.2) is 4.79 Å². The zero-order chi connectivity index (χ0) is 19.7. The Hall–Kier alpha value is -2.28. The van der Waals surface area contributed by atoms with Crippen molar-refractivity contribution in [3.63, 3.8) is 0 Å². The molecule has 7 nitrogen and oxygen atoms in total. The third kappa shape index (κ3) is 8.20. The predicted molar refractivity (Wildman–Crippen MR) is 98.1 cm³/mol. The van der Waals surface area contributed by atoms with Gasteiger partial charge in [-0.1, -0.05) is 25.4 Å². The van der Waals surface area contributed by atoms with Crippen LogP contribution in [0.1, 0.15) is 34.1 Å². The molecule has 0 radical (unpaired) electrons. The Labute approximate surface area is 158 Å². The van der Waals surface area contributed by atoms with E-state index in [2.05, 4.69) is 10.6 Å². The molecule has 0 fully saturated rings. The van der Waals surface area contributed by atoms with Crippen LogP contribution in [0.15, 0.2) is 24.3 Å². The summed E-state index contributed by atoms with van der Waals surface area (Å²) < 4.78 is 10.1. The first-order chi connectivity index (χ1) is 12.2. The second-order valence-corrected chi connectivity index (χ2v) is 6.73. The van der Waals surface area contributed by atoms with Gasteiger partial charge in [-0.3, -0.25) is 9.59 Å². The molecule has 0 bridgehead atoms. The summed E-state index contributed by atoms with van der Waals surface area (Å²) in [6.45, 7) is 7.13. The first kappa shape index (κ1) is 21.8. The molecule has 0 saturated heterocycles. The van der Waals surface area contributed by atoms with Gasteiger partial charge in [-0.05, 0) is 44.0 Å². The molecule has 8 heteroatoms. The van der Waals surface area contributed by atoms with E-state index in [1.807, 2.05) is 0 Å². The van der Waals surface area contributed by atoms with E-state index in [-0.39, 0.29) is 30.9 Å². The highest BCUT2D eigenvalue weighted by atomic mass is 35.5. The summed E-state index contributed by atoms with van der Waals surface area (Å²) >= 11 is 5.76. The Morgan fingerprint density at radius 3 is 2.23 bits per heavy atom. The van der Waals surface area contributed by atoms with Crippen molar-refractivity contribution in [3.8, 4) is 5.75 Å². The Balaban J connectivity index is 2.43. The maximum Gasteiger partial charge on any atom is 0.408 e. The molecular weight excluding hydrogens is 360 g/mol. The van der Waals surface area contributed by atoms with Gasteiger partial charge >= 0.3 is 12.1 Å². The number of halogens is 1. The number of esters is 1. The van der Waals surface area contributed by atoms with Crippen molar-refractivity contribution in [2.24, 2.45) is 5.92 Å². The van der Waals surface area contributed by atoms with E-state index in [0.29, 0.717) is 10.8 Å². The second-order valence-electron chi connectivity index (χ2n) is 6.29. The first-order valence-electron chi connectivity index (χ1n) is 8.40. The lowest BCUT2D eigenvalue weighted by atomic mass is 10.0. The summed E-state index contributed by atoms with van der Waals surface area (Å²) in [6, 6.07) is 5.63. The summed E-state index contributed by atoms with van der Waals surface area (Å²) in [5.41, 5.74) is 0. The number of alkyl carbamates (subject to hydrolysis) is 1. The molecule has 1 unspecified atom stereocenters. The normalized spacial score (nSPS) is 11.8. The van der Waals surface area contributed by atoms with Crippen LogP contribution >= 0.6 is 11.6 Å². The summed E-state index contributed by atoms with van der Waals surface area (Å²) in [6.07, 6.45) is -0.945. The Kier molecular flexibility index (Phi) is 8.92. The van der Waals surface area contributed by atoms with E-state index in [1.165, 1.54) is 0 Å². The fourth-order valence-corrected chi connectivity index (χ4v) is 2.12. The van der Waals surface area contributed by atoms with E-state index in [4.69, 9.17) is 21.1 Å². The third-order valence-electron chi connectivity index (χ3n) is 3.24. The number of hydrogen-bond acceptors (Lipinski definition) is 5. The predicted octanol–water partition coefficient (Wildman–Crippen LogP) is 2.91. The van der Waals surface area contributed by atoms with Crippen LogP contribution in [0.25, 0.3) is 0 Å². The van der Waals surface area contributed by atoms with Crippen LogP contribution in [-0.2, 0) is 14.3 Å². The van der Waals surface area contributed by atoms with Crippen molar-refractivity contribution in [1.82, 2.24) is 10.6 Å². The van der Waals surface area contributed by atoms with Crippen LogP contribution in [0.4, 0.5) is 4.79 Å². The van der Waals surface area contributed by atoms with Crippen molar-refractivity contribution in [3.05, 3.63) is 29.3 Å². The van der Waals surface area contributed by atoms with Crippen LogP contribution in [0, 0.1) is 5.92 Å². The molecule has 2 N–H and O–H groups in total. The average Bonchev–Trinajstić information content (AvgIpc) is 2.53. The maximum atomic E-state index is 12.2. The van der Waals surface area contributed by atoms with E-state index in [9.17, 15) is 14.4 Å². The molecule has 2 amide bonds. The van der Waals surface area contributed by atoms with Crippen molar-refractivity contribution < 1.29 is 23.9 Å². The highest BCUT2D eigenvalue weighted by Crippen LogP contribution is 2.15. The number of benzene rings is 1. The zero-order valence-electron chi connectivity index (χ0n) is 15.4. The van der Waals surface area contributed by atoms with Gasteiger partial charge in [0.1, 0.15) is 11.8 Å². The van der Waals surface area contributed by atoms with Gasteiger partial charge < -0.3 is 20.1 Å². The minimum Gasteiger partial charge on any atom is -0.447 e. The van der Waals surface area contributed by atoms with Gasteiger partial charge in [-0.2, -0.15) is 0 Å². The summed E-state index contributed by atoms with van der Waals surface area (Å²) in [5, 5.41) is 5.69. The zero-order valence-corrected chi connectivity index (χ0v) is 16.1. The van der Waals surface area contributed by atoms with Gasteiger partial charge in [0.05, 0.1) is 12.5 Å². The van der Waals surface area contributed by atoms with Crippen LogP contribution in [0.5, 0.6) is 5.75 Å². The minimum absolute atomic E-state index is 0.00434. The van der Waals surface area contributed by atoms with Gasteiger partial charge in [0.15, 0.2) is 0 Å². The van der Waals surface area contributed by atoms with Crippen LogP contribution in [0.3, 0.4) is 0 Å². The van der Waals surface area contributed by atoms with Crippen molar-refractivity contribution >= 4 is 29.6 Å². The fraction of sp³-hybridized carbons (Fsp3) is 0.500. The molecule has 0 spiro atoms. The van der Waals surface area contributed by atoms with E-state index in [0.717, 1.165) is 0 Å². The molecule has 0 aliphatic rings. The molecule has 0 saturated carbocycles. The summed E-state index contributed by atoms with van der Waals surface area (Å²) in [7, 11) is 0. The van der Waals surface area contributed by atoms with Crippen LogP contribution in [0.2, 0.25) is 5.02 Å². The highest BCUT2D eigenvalue weighted by molar-refractivity contribution is 6.30. The summed E-state index contributed by atoms with van der Waals surface area (Å²) in [5.74, 6) is -0.638. The van der Waals surface area contributed by atoms with Crippen molar-refractivity contribution in [1.29, 1.82) is 0 Å². The number of carbonyl (C=O) groups is 3. The lowest BCUT2D eigenvalue weighted by molar-refractivity contribution is -0.134. The number of carbonyl (C=O) groups excluding carboxylic acids is 3. The van der Waals surface area contributed by atoms with E-state index >= 15 is 0 Å². The van der Waals surface area contributed by atoms with E-state index in [1.54, 1.807) is 52.0 Å². The molecule has 0 aliphatic carbocycles. The van der Waals surface area contributed by atoms with Gasteiger partial charge in [0.2, 0.25) is 5.91 Å². The fourth-order valence-electron chi connectivity index (χ4n) is 1.99. The minimum atomic E-state index is -0.756. The summed E-state index contributed by atoms with van der Waals surface area (Å²) in [4.78, 5) is 35.7. The number of hydrogen-bond donors (Lipinski definition) is 2. The van der Waals surface area contributed by atoms with Gasteiger partial charge in [0, 0.05) is 11.6 Å². The molecule has 0 aliphatic heterocycles. The third-order valence-corrected chi connectivity index (χ3v) is 3.49. The van der Waals surface area contributed by atoms with Gasteiger partial charge in [0.25, 0.3) is 0 Å². The topological polar surface area (TPSA) is 93.7 Å². The number of ether oxygens (including phenoxy) is 2. The standard InChI is InChI=1S/C18H25ClN2O5/c1-11(2)16(21-18(24)25-12(3)4)17(23)20-10-9-15(22)26-14-7-5-13(19)6-8-14/h5-8,11-12,16H,9-10H2,1-4H3,(H,20,23)(H,21,24). The molecule has 1 aromatic rings. The lowest BCUT2D eigenvalue weighted by Crippen LogP contribution is -2.50. The second kappa shape index (κ2) is 10.7. The quantitative estimate of drug-likeness (QED) is 0.531. The number of rotatable bonds is 8. The smallest absolute Gasteiger partial charge is 0.408 e. The molecule has 0 heterocycles. The molecule has 26 heavy (non-hydrogen) atoms. The largest absolute Gasteiger partial charge is 0.447 e. The van der Waals surface area contributed by atoms with Crippen molar-refractivity contribution in [2.75, 3.05) is 6.54 Å². The molecule has 1 rings (SSSR count). The first-order valence-corrected chi connectivity index (χ1v) is 8.78. The maximum absolute atomic E-state index is 12.2. The SMILES string of the molecule is CC(C)OC(=O)NC(C(=O)NCCC(=O)Oc1ccc(Cl)cc1)C(C)C. The Morgan fingerprint density at radius 2 is 1.69 bits per heavy atom. The van der Waals surface area contributed by atoms with Crippen LogP contribution < -0.4 is 15.4 Å². The molecular formula is C18H25ClN2O5.